The Labute approximate surface area is 157 Å². The molecule has 0 fully saturated rings. The predicted molar refractivity (Wildman–Crippen MR) is 108 cm³/mol. The predicted octanol–water partition coefficient (Wildman–Crippen LogP) is 4.34. The molecule has 0 aliphatic carbocycles. The molecule has 0 unspecified atom stereocenters. The normalized spacial score (nSPS) is 11.8. The molecule has 0 heterocycles. The zero-order valence-electron chi connectivity index (χ0n) is 15.6. The molecule has 0 aromatic heterocycles. The highest BCUT2D eigenvalue weighted by Crippen LogP contribution is 2.18. The summed E-state index contributed by atoms with van der Waals surface area (Å²) in [5, 5.41) is 0. The zero-order valence-corrected chi connectivity index (χ0v) is 16.4. The fraction of sp³-hybridized carbons (Fsp3) is 0.273. The average molecular weight is 368 g/mol. The van der Waals surface area contributed by atoms with E-state index in [9.17, 15) is 8.42 Å². The number of aryl methyl sites for hydroxylation is 3. The van der Waals surface area contributed by atoms with Crippen molar-refractivity contribution < 1.29 is 8.42 Å². The van der Waals surface area contributed by atoms with Crippen molar-refractivity contribution in [1.82, 2.24) is 4.31 Å². The second-order valence-electron chi connectivity index (χ2n) is 6.35. The first-order valence-electron chi connectivity index (χ1n) is 8.59. The first-order valence-corrected chi connectivity index (χ1v) is 10.0. The summed E-state index contributed by atoms with van der Waals surface area (Å²) in [6.07, 6.45) is 10.0. The Balaban J connectivity index is 2.12. The highest BCUT2D eigenvalue weighted by molar-refractivity contribution is 7.89. The Morgan fingerprint density at radius 3 is 2.23 bits per heavy atom. The summed E-state index contributed by atoms with van der Waals surface area (Å²) in [4.78, 5) is 0.275. The molecule has 0 spiro atoms. The zero-order chi connectivity index (χ0) is 19.2. The Morgan fingerprint density at radius 1 is 1.04 bits per heavy atom. The highest BCUT2D eigenvalue weighted by Gasteiger charge is 2.22. The summed E-state index contributed by atoms with van der Waals surface area (Å²) in [5.74, 6) is 2.45. The monoisotopic (exact) mass is 367 g/mol. The van der Waals surface area contributed by atoms with Crippen LogP contribution in [-0.2, 0) is 10.0 Å². The van der Waals surface area contributed by atoms with Gasteiger partial charge in [-0.15, -0.1) is 6.42 Å². The van der Waals surface area contributed by atoms with Crippen LogP contribution in [0.4, 0.5) is 0 Å². The van der Waals surface area contributed by atoms with Crippen LogP contribution in [-0.4, -0.2) is 25.8 Å². The fourth-order valence-corrected chi connectivity index (χ4v) is 4.12. The third-order valence-corrected chi connectivity index (χ3v) is 6.16. The van der Waals surface area contributed by atoms with E-state index in [1.54, 1.807) is 24.3 Å². The molecule has 0 aliphatic rings. The second kappa shape index (κ2) is 8.84. The van der Waals surface area contributed by atoms with Gasteiger partial charge in [0.1, 0.15) is 0 Å². The van der Waals surface area contributed by atoms with Gasteiger partial charge in [0, 0.05) is 6.54 Å². The summed E-state index contributed by atoms with van der Waals surface area (Å²) in [7, 11) is -3.58. The number of sulfonamides is 1. The minimum Gasteiger partial charge on any atom is -0.207 e. The van der Waals surface area contributed by atoms with Gasteiger partial charge in [-0.2, -0.15) is 4.31 Å². The molecule has 0 amide bonds. The summed E-state index contributed by atoms with van der Waals surface area (Å²) >= 11 is 0. The quantitative estimate of drug-likeness (QED) is 0.683. The van der Waals surface area contributed by atoms with Crippen LogP contribution in [0.2, 0.25) is 0 Å². The van der Waals surface area contributed by atoms with Crippen LogP contribution >= 0.6 is 0 Å². The van der Waals surface area contributed by atoms with E-state index >= 15 is 0 Å². The van der Waals surface area contributed by atoms with Crippen molar-refractivity contribution >= 4 is 16.1 Å². The number of benzene rings is 2. The van der Waals surface area contributed by atoms with E-state index in [0.29, 0.717) is 13.0 Å². The molecule has 0 atom stereocenters. The topological polar surface area (TPSA) is 37.4 Å². The molecule has 4 heteroatoms. The Kier molecular flexibility index (Phi) is 6.79. The first-order chi connectivity index (χ1) is 12.4. The SMILES string of the molecule is C#CCN(CC/C=C/c1c(C)cccc1C)S(=O)(=O)c1ccc(C)cc1. The molecule has 3 nitrogen and oxygen atoms in total. The maximum Gasteiger partial charge on any atom is 0.243 e. The lowest BCUT2D eigenvalue weighted by Crippen LogP contribution is -2.32. The number of terminal acetylenes is 1. The molecule has 0 saturated heterocycles. The second-order valence-corrected chi connectivity index (χ2v) is 8.29. The van der Waals surface area contributed by atoms with Crippen LogP contribution in [0.3, 0.4) is 0 Å². The third-order valence-electron chi connectivity index (χ3n) is 4.30. The lowest BCUT2D eigenvalue weighted by Gasteiger charge is -2.19. The van der Waals surface area contributed by atoms with E-state index in [2.05, 4.69) is 38.0 Å². The van der Waals surface area contributed by atoms with Gasteiger partial charge in [0.15, 0.2) is 0 Å². The van der Waals surface area contributed by atoms with Crippen LogP contribution in [0.5, 0.6) is 0 Å². The lowest BCUT2D eigenvalue weighted by atomic mass is 10.0. The van der Waals surface area contributed by atoms with Crippen molar-refractivity contribution in [2.75, 3.05) is 13.1 Å². The van der Waals surface area contributed by atoms with Gasteiger partial charge in [-0.25, -0.2) is 8.42 Å². The molecular formula is C22H25NO2S. The number of hydrogen-bond acceptors (Lipinski definition) is 2. The molecular weight excluding hydrogens is 342 g/mol. The molecule has 0 saturated carbocycles. The molecule has 0 N–H and O–H groups in total. The summed E-state index contributed by atoms with van der Waals surface area (Å²) < 4.78 is 27.0. The standard InChI is InChI=1S/C22H25NO2S/c1-5-16-23(26(24,25)21-14-12-18(2)13-15-21)17-7-6-11-22-19(3)9-8-10-20(22)4/h1,6,8-15H,7,16-17H2,2-4H3/b11-6+. The van der Waals surface area contributed by atoms with E-state index in [1.165, 1.54) is 21.0 Å². The molecule has 2 aromatic rings. The third kappa shape index (κ3) is 4.85. The minimum atomic E-state index is -3.58. The smallest absolute Gasteiger partial charge is 0.207 e. The van der Waals surface area contributed by atoms with Crippen LogP contribution in [0.25, 0.3) is 6.08 Å². The molecule has 0 bridgehead atoms. The Hall–Kier alpha value is -2.35. The molecule has 2 aromatic carbocycles. The van der Waals surface area contributed by atoms with Gasteiger partial charge in [0.25, 0.3) is 0 Å². The number of hydrogen-bond donors (Lipinski definition) is 0. The van der Waals surface area contributed by atoms with Crippen LogP contribution < -0.4 is 0 Å². The van der Waals surface area contributed by atoms with Crippen molar-refractivity contribution in [2.24, 2.45) is 0 Å². The van der Waals surface area contributed by atoms with Gasteiger partial charge >= 0.3 is 0 Å². The van der Waals surface area contributed by atoms with Gasteiger partial charge in [-0.3, -0.25) is 0 Å². The Morgan fingerprint density at radius 2 is 1.65 bits per heavy atom. The van der Waals surface area contributed by atoms with Gasteiger partial charge < -0.3 is 0 Å². The van der Waals surface area contributed by atoms with Crippen molar-refractivity contribution in [1.29, 1.82) is 0 Å². The largest absolute Gasteiger partial charge is 0.243 e. The maximum atomic E-state index is 12.8. The summed E-state index contributed by atoms with van der Waals surface area (Å²) in [6, 6.07) is 13.0. The average Bonchev–Trinajstić information content (AvgIpc) is 2.60. The number of nitrogens with zero attached hydrogens (tertiary/aromatic N) is 1. The van der Waals surface area contributed by atoms with Gasteiger partial charge in [-0.05, 0) is 56.0 Å². The van der Waals surface area contributed by atoms with Crippen LogP contribution in [0, 0.1) is 33.1 Å². The summed E-state index contributed by atoms with van der Waals surface area (Å²) in [5.41, 5.74) is 4.60. The van der Waals surface area contributed by atoms with Crippen molar-refractivity contribution in [3.05, 3.63) is 70.8 Å². The van der Waals surface area contributed by atoms with Crippen molar-refractivity contribution in [2.45, 2.75) is 32.1 Å². The molecule has 136 valence electrons. The van der Waals surface area contributed by atoms with Crippen molar-refractivity contribution in [3.8, 4) is 12.3 Å². The molecule has 0 aliphatic heterocycles. The molecule has 26 heavy (non-hydrogen) atoms. The Bertz CT molecular complexity index is 899. The van der Waals surface area contributed by atoms with E-state index in [-0.39, 0.29) is 11.4 Å². The molecule has 2 rings (SSSR count). The van der Waals surface area contributed by atoms with Gasteiger partial charge in [0.05, 0.1) is 11.4 Å². The summed E-state index contributed by atoms with van der Waals surface area (Å²) in [6.45, 7) is 6.47. The number of rotatable bonds is 7. The van der Waals surface area contributed by atoms with Crippen LogP contribution in [0.1, 0.15) is 28.7 Å². The highest BCUT2D eigenvalue weighted by atomic mass is 32.2. The minimum absolute atomic E-state index is 0.0629. The molecule has 0 radical (unpaired) electrons. The fourth-order valence-electron chi connectivity index (χ4n) is 2.76. The first kappa shape index (κ1) is 20.0. The van der Waals surface area contributed by atoms with E-state index in [0.717, 1.165) is 5.56 Å². The van der Waals surface area contributed by atoms with Crippen LogP contribution in [0.15, 0.2) is 53.4 Å². The van der Waals surface area contributed by atoms with E-state index in [4.69, 9.17) is 6.42 Å². The van der Waals surface area contributed by atoms with Gasteiger partial charge in [-0.1, -0.05) is 54.0 Å². The van der Waals surface area contributed by atoms with Crippen molar-refractivity contribution in [3.63, 3.8) is 0 Å². The lowest BCUT2D eigenvalue weighted by molar-refractivity contribution is 0.452. The van der Waals surface area contributed by atoms with Gasteiger partial charge in [0.2, 0.25) is 10.0 Å². The van der Waals surface area contributed by atoms with E-state index < -0.39 is 10.0 Å². The maximum absolute atomic E-state index is 12.8. The van der Waals surface area contributed by atoms with E-state index in [1.807, 2.05) is 19.1 Å².